The molecule has 0 aliphatic carbocycles. The van der Waals surface area contributed by atoms with Crippen molar-refractivity contribution in [2.45, 2.75) is 29.4 Å². The fourth-order valence-corrected chi connectivity index (χ4v) is 2.86. The average Bonchev–Trinajstić information content (AvgIpc) is 2.60. The number of carbonyl (C=O) groups excluding carboxylic acids is 1. The molecule has 1 aromatic heterocycles. The molecule has 1 unspecified atom stereocenters. The number of rotatable bonds is 5. The molecule has 0 aromatic carbocycles. The number of hydrazine groups is 1. The highest BCUT2D eigenvalue weighted by molar-refractivity contribution is 8.01. The van der Waals surface area contributed by atoms with E-state index in [1.54, 1.807) is 11.8 Å². The molecule has 1 heterocycles. The molecule has 0 bridgehead atoms. The van der Waals surface area contributed by atoms with Gasteiger partial charge in [0.1, 0.15) is 0 Å². The Morgan fingerprint density at radius 3 is 2.93 bits per heavy atom. The Morgan fingerprint density at radius 2 is 2.40 bits per heavy atom. The lowest BCUT2D eigenvalue weighted by Crippen LogP contribution is -2.30. The highest BCUT2D eigenvalue weighted by atomic mass is 32.2. The largest absolute Gasteiger partial charge is 0.374 e. The second-order valence-electron chi connectivity index (χ2n) is 2.94. The van der Waals surface area contributed by atoms with Crippen LogP contribution in [0, 0.1) is 0 Å². The zero-order valence-electron chi connectivity index (χ0n) is 8.27. The number of nitrogens with two attached hydrogens (primary N) is 2. The molecule has 1 aromatic rings. The average molecular weight is 247 g/mol. The molecular formula is C7H13N5OS2. The molecule has 8 heteroatoms. The Morgan fingerprint density at radius 1 is 1.67 bits per heavy atom. The minimum atomic E-state index is -0.153. The van der Waals surface area contributed by atoms with Crippen LogP contribution in [-0.2, 0) is 4.79 Å². The van der Waals surface area contributed by atoms with E-state index in [-0.39, 0.29) is 11.2 Å². The van der Waals surface area contributed by atoms with E-state index in [9.17, 15) is 4.79 Å². The quantitative estimate of drug-likeness (QED) is 0.300. The van der Waals surface area contributed by atoms with Crippen LogP contribution in [0.3, 0.4) is 0 Å². The predicted molar refractivity (Wildman–Crippen MR) is 61.2 cm³/mol. The summed E-state index contributed by atoms with van der Waals surface area (Å²) in [5.41, 5.74) is 7.54. The van der Waals surface area contributed by atoms with Gasteiger partial charge in [-0.05, 0) is 6.42 Å². The van der Waals surface area contributed by atoms with Crippen LogP contribution in [0.25, 0.3) is 0 Å². The Hall–Kier alpha value is -0.860. The highest BCUT2D eigenvalue weighted by Gasteiger charge is 2.10. The third-order valence-electron chi connectivity index (χ3n) is 1.66. The van der Waals surface area contributed by atoms with Gasteiger partial charge < -0.3 is 5.73 Å². The predicted octanol–water partition coefficient (Wildman–Crippen LogP) is 0.371. The molecule has 0 saturated heterocycles. The van der Waals surface area contributed by atoms with Crippen molar-refractivity contribution >= 4 is 34.1 Å². The van der Waals surface area contributed by atoms with Crippen molar-refractivity contribution in [1.29, 1.82) is 0 Å². The molecule has 1 atom stereocenters. The fraction of sp³-hybridized carbons (Fsp3) is 0.571. The summed E-state index contributed by atoms with van der Waals surface area (Å²) in [6.45, 7) is 2.02. The van der Waals surface area contributed by atoms with Crippen LogP contribution >= 0.6 is 23.1 Å². The number of hydrogen-bond acceptors (Lipinski definition) is 7. The van der Waals surface area contributed by atoms with E-state index >= 15 is 0 Å². The molecule has 0 fully saturated rings. The molecule has 5 N–H and O–H groups in total. The molecule has 0 aliphatic rings. The minimum Gasteiger partial charge on any atom is -0.374 e. The van der Waals surface area contributed by atoms with E-state index in [4.69, 9.17) is 11.6 Å². The molecule has 0 spiro atoms. The summed E-state index contributed by atoms with van der Waals surface area (Å²) < 4.78 is 0.827. The summed E-state index contributed by atoms with van der Waals surface area (Å²) in [4.78, 5) is 10.9. The maximum atomic E-state index is 10.9. The third-order valence-corrected chi connectivity index (χ3v) is 3.67. The zero-order chi connectivity index (χ0) is 11.3. The first-order valence-corrected chi connectivity index (χ1v) is 6.06. The number of nitrogen functional groups attached to an aromatic ring is 1. The topological polar surface area (TPSA) is 107 Å². The molecule has 1 amide bonds. The van der Waals surface area contributed by atoms with E-state index in [1.807, 2.05) is 6.92 Å². The number of hydrogen-bond donors (Lipinski definition) is 3. The first kappa shape index (κ1) is 12.2. The maximum Gasteiger partial charge on any atom is 0.233 e. The smallest absolute Gasteiger partial charge is 0.233 e. The van der Waals surface area contributed by atoms with E-state index in [1.165, 1.54) is 11.3 Å². The van der Waals surface area contributed by atoms with Crippen LogP contribution in [0.4, 0.5) is 5.13 Å². The van der Waals surface area contributed by atoms with Crippen molar-refractivity contribution in [3.05, 3.63) is 0 Å². The summed E-state index contributed by atoms with van der Waals surface area (Å²) in [7, 11) is 0. The van der Waals surface area contributed by atoms with E-state index in [0.717, 1.165) is 10.8 Å². The van der Waals surface area contributed by atoms with Gasteiger partial charge in [-0.2, -0.15) is 0 Å². The van der Waals surface area contributed by atoms with Crippen molar-refractivity contribution in [2.75, 3.05) is 5.73 Å². The van der Waals surface area contributed by atoms with Gasteiger partial charge in [-0.15, -0.1) is 10.2 Å². The van der Waals surface area contributed by atoms with Crippen molar-refractivity contribution in [3.63, 3.8) is 0 Å². The maximum absolute atomic E-state index is 10.9. The molecule has 15 heavy (non-hydrogen) atoms. The van der Waals surface area contributed by atoms with Crippen LogP contribution in [0.5, 0.6) is 0 Å². The van der Waals surface area contributed by atoms with Crippen LogP contribution in [0.15, 0.2) is 4.34 Å². The number of anilines is 1. The van der Waals surface area contributed by atoms with Gasteiger partial charge in [0, 0.05) is 11.7 Å². The Bertz CT molecular complexity index is 329. The summed E-state index contributed by atoms with van der Waals surface area (Å²) in [6.07, 6.45) is 1.16. The second kappa shape index (κ2) is 5.89. The van der Waals surface area contributed by atoms with Crippen molar-refractivity contribution < 1.29 is 4.79 Å². The molecular weight excluding hydrogens is 234 g/mol. The number of carbonyl (C=O) groups is 1. The third kappa shape index (κ3) is 4.45. The molecule has 0 aliphatic heterocycles. The Balaban J connectivity index is 2.30. The van der Waals surface area contributed by atoms with Gasteiger partial charge in [-0.25, -0.2) is 5.84 Å². The van der Waals surface area contributed by atoms with Gasteiger partial charge in [-0.3, -0.25) is 10.2 Å². The summed E-state index contributed by atoms with van der Waals surface area (Å²) in [5, 5.41) is 8.34. The van der Waals surface area contributed by atoms with Crippen LogP contribution in [0.2, 0.25) is 0 Å². The lowest BCUT2D eigenvalue weighted by Gasteiger charge is -2.07. The standard InChI is InChI=1S/C7H13N5OS2/c1-4(2-3-5(13)10-9)14-7-12-11-6(8)15-7/h4H,2-3,9H2,1H3,(H2,8,11)(H,10,13). The summed E-state index contributed by atoms with van der Waals surface area (Å²) >= 11 is 2.91. The van der Waals surface area contributed by atoms with E-state index in [0.29, 0.717) is 11.6 Å². The van der Waals surface area contributed by atoms with Crippen molar-refractivity contribution in [3.8, 4) is 0 Å². The molecule has 84 valence electrons. The molecule has 1 rings (SSSR count). The Kier molecular flexibility index (Phi) is 4.79. The van der Waals surface area contributed by atoms with Gasteiger partial charge in [0.05, 0.1) is 0 Å². The lowest BCUT2D eigenvalue weighted by atomic mass is 10.2. The fourth-order valence-electron chi connectivity index (χ4n) is 0.906. The normalized spacial score (nSPS) is 12.4. The molecule has 0 saturated carbocycles. The molecule has 0 radical (unpaired) electrons. The number of aromatic nitrogens is 2. The van der Waals surface area contributed by atoms with Crippen LogP contribution < -0.4 is 17.0 Å². The highest BCUT2D eigenvalue weighted by Crippen LogP contribution is 2.29. The number of nitrogens with one attached hydrogen (secondary N) is 1. The van der Waals surface area contributed by atoms with Gasteiger partial charge in [0.25, 0.3) is 0 Å². The minimum absolute atomic E-state index is 0.153. The summed E-state index contributed by atoms with van der Waals surface area (Å²) in [5.74, 6) is 4.82. The second-order valence-corrected chi connectivity index (χ2v) is 5.64. The first-order valence-electron chi connectivity index (χ1n) is 4.37. The van der Waals surface area contributed by atoms with Crippen molar-refractivity contribution in [2.24, 2.45) is 5.84 Å². The van der Waals surface area contributed by atoms with E-state index in [2.05, 4.69) is 15.6 Å². The molecule has 6 nitrogen and oxygen atoms in total. The zero-order valence-corrected chi connectivity index (χ0v) is 9.90. The number of thioether (sulfide) groups is 1. The monoisotopic (exact) mass is 247 g/mol. The first-order chi connectivity index (χ1) is 7.11. The van der Waals surface area contributed by atoms with Gasteiger partial charge in [0.2, 0.25) is 11.0 Å². The van der Waals surface area contributed by atoms with Crippen LogP contribution in [-0.4, -0.2) is 21.4 Å². The van der Waals surface area contributed by atoms with Gasteiger partial charge in [0.15, 0.2) is 4.34 Å². The van der Waals surface area contributed by atoms with E-state index < -0.39 is 0 Å². The Labute approximate surface area is 95.8 Å². The SMILES string of the molecule is CC(CCC(=O)NN)Sc1nnc(N)s1. The van der Waals surface area contributed by atoms with Gasteiger partial charge >= 0.3 is 0 Å². The summed E-state index contributed by atoms with van der Waals surface area (Å²) in [6, 6.07) is 0. The van der Waals surface area contributed by atoms with Crippen LogP contribution in [0.1, 0.15) is 19.8 Å². The number of nitrogens with zero attached hydrogens (tertiary/aromatic N) is 2. The number of amides is 1. The van der Waals surface area contributed by atoms with Gasteiger partial charge in [-0.1, -0.05) is 30.0 Å². The van der Waals surface area contributed by atoms with Crippen molar-refractivity contribution in [1.82, 2.24) is 15.6 Å². The lowest BCUT2D eigenvalue weighted by molar-refractivity contribution is -0.121.